The summed E-state index contributed by atoms with van der Waals surface area (Å²) in [5, 5.41) is 5.59. The first-order valence-electron chi connectivity index (χ1n) is 10.3. The third kappa shape index (κ3) is 7.46. The summed E-state index contributed by atoms with van der Waals surface area (Å²) in [5.74, 6) is -0.559. The fraction of sp³-hybridized carbons (Fsp3) is 0.160. The number of halogens is 1. The first-order valence-corrected chi connectivity index (χ1v) is 10.3. The lowest BCUT2D eigenvalue weighted by Crippen LogP contribution is -2.22. The van der Waals surface area contributed by atoms with Crippen LogP contribution in [0.5, 0.6) is 5.75 Å². The molecule has 0 aliphatic heterocycles. The van der Waals surface area contributed by atoms with Gasteiger partial charge >= 0.3 is 6.16 Å². The second-order valence-corrected chi connectivity index (χ2v) is 7.04. The Hall–Kier alpha value is -4.20. The molecule has 0 atom stereocenters. The Bertz CT molecular complexity index is 1100. The highest BCUT2D eigenvalue weighted by molar-refractivity contribution is 5.94. The maximum absolute atomic E-state index is 13.0. The molecule has 7 nitrogen and oxygen atoms in total. The van der Waals surface area contributed by atoms with Crippen molar-refractivity contribution >= 4 is 23.7 Å². The molecule has 0 saturated carbocycles. The second-order valence-electron chi connectivity index (χ2n) is 7.04. The highest BCUT2D eigenvalue weighted by Gasteiger charge is 2.09. The number of amides is 2. The Morgan fingerprint density at radius 3 is 2.12 bits per heavy atom. The normalized spacial score (nSPS) is 10.2. The summed E-state index contributed by atoms with van der Waals surface area (Å²) in [7, 11) is 0. The third-order valence-corrected chi connectivity index (χ3v) is 4.55. The maximum Gasteiger partial charge on any atom is 0.513 e. The third-order valence-electron chi connectivity index (χ3n) is 4.55. The summed E-state index contributed by atoms with van der Waals surface area (Å²) >= 11 is 0. The van der Waals surface area contributed by atoms with Crippen molar-refractivity contribution in [1.29, 1.82) is 0 Å². The van der Waals surface area contributed by atoms with Gasteiger partial charge in [0, 0.05) is 17.8 Å². The quantitative estimate of drug-likeness (QED) is 0.390. The minimum absolute atomic E-state index is 0.141. The van der Waals surface area contributed by atoms with Gasteiger partial charge in [0.05, 0.1) is 13.0 Å². The van der Waals surface area contributed by atoms with Gasteiger partial charge in [-0.1, -0.05) is 24.3 Å². The van der Waals surface area contributed by atoms with Gasteiger partial charge in [-0.2, -0.15) is 0 Å². The number of carbonyl (C=O) groups is 3. The summed E-state index contributed by atoms with van der Waals surface area (Å²) in [4.78, 5) is 35.8. The van der Waals surface area contributed by atoms with Crippen LogP contribution in [-0.2, 0) is 22.5 Å². The van der Waals surface area contributed by atoms with Crippen molar-refractivity contribution < 1.29 is 28.2 Å². The Kier molecular flexibility index (Phi) is 8.13. The number of benzene rings is 3. The Balaban J connectivity index is 1.46. The van der Waals surface area contributed by atoms with Gasteiger partial charge in [-0.3, -0.25) is 9.59 Å². The average molecular weight is 450 g/mol. The molecule has 0 spiro atoms. The minimum Gasteiger partial charge on any atom is -0.434 e. The molecule has 0 aliphatic carbocycles. The van der Waals surface area contributed by atoms with Crippen LogP contribution in [-0.4, -0.2) is 24.6 Å². The molecule has 0 unspecified atom stereocenters. The molecule has 0 saturated heterocycles. The van der Waals surface area contributed by atoms with Gasteiger partial charge in [-0.15, -0.1) is 0 Å². The lowest BCUT2D eigenvalue weighted by atomic mass is 10.1. The molecule has 170 valence electrons. The Morgan fingerprint density at radius 2 is 1.48 bits per heavy atom. The number of nitrogens with one attached hydrogen (secondary N) is 2. The zero-order chi connectivity index (χ0) is 23.6. The molecule has 3 rings (SSSR count). The largest absolute Gasteiger partial charge is 0.513 e. The molecule has 33 heavy (non-hydrogen) atoms. The van der Waals surface area contributed by atoms with Crippen LogP contribution in [0.4, 0.5) is 14.9 Å². The summed E-state index contributed by atoms with van der Waals surface area (Å²) < 4.78 is 22.6. The van der Waals surface area contributed by atoms with Crippen LogP contribution >= 0.6 is 0 Å². The van der Waals surface area contributed by atoms with E-state index >= 15 is 0 Å². The van der Waals surface area contributed by atoms with Gasteiger partial charge in [0.25, 0.3) is 5.91 Å². The molecule has 3 aromatic carbocycles. The lowest BCUT2D eigenvalue weighted by Gasteiger charge is -2.09. The van der Waals surface area contributed by atoms with E-state index in [4.69, 9.17) is 9.47 Å². The SMILES string of the molecule is CCOC(=O)Oc1ccc(C(=O)NCc2ccc(NC(=O)Cc3ccc(F)cc3)cc2)cc1. The van der Waals surface area contributed by atoms with E-state index in [1.807, 2.05) is 0 Å². The fourth-order valence-corrected chi connectivity index (χ4v) is 2.90. The maximum atomic E-state index is 13.0. The number of rotatable bonds is 8. The van der Waals surface area contributed by atoms with Crippen molar-refractivity contribution in [1.82, 2.24) is 5.32 Å². The first-order chi connectivity index (χ1) is 15.9. The molecule has 0 radical (unpaired) electrons. The van der Waals surface area contributed by atoms with Gasteiger partial charge < -0.3 is 20.1 Å². The Morgan fingerprint density at radius 1 is 0.848 bits per heavy atom. The molecule has 0 bridgehead atoms. The van der Waals surface area contributed by atoms with E-state index in [-0.39, 0.29) is 36.4 Å². The van der Waals surface area contributed by atoms with E-state index in [9.17, 15) is 18.8 Å². The Labute approximate surface area is 190 Å². The van der Waals surface area contributed by atoms with Gasteiger partial charge in [0.15, 0.2) is 0 Å². The molecule has 2 amide bonds. The molecular formula is C25H23FN2O5. The lowest BCUT2D eigenvalue weighted by molar-refractivity contribution is -0.115. The number of hydrogen-bond acceptors (Lipinski definition) is 5. The molecule has 0 aliphatic rings. The molecule has 0 fully saturated rings. The summed E-state index contributed by atoms with van der Waals surface area (Å²) in [5.41, 5.74) is 2.60. The average Bonchev–Trinajstić information content (AvgIpc) is 2.80. The standard InChI is InChI=1S/C25H23FN2O5/c1-2-32-25(31)33-22-13-7-19(8-14-22)24(30)27-16-18-5-11-21(12-6-18)28-23(29)15-17-3-9-20(26)10-4-17/h3-14H,2,15-16H2,1H3,(H,27,30)(H,28,29). The number of carbonyl (C=O) groups excluding carboxylic acids is 3. The van der Waals surface area contributed by atoms with E-state index in [0.717, 1.165) is 5.56 Å². The second kappa shape index (κ2) is 11.4. The smallest absolute Gasteiger partial charge is 0.434 e. The molecule has 2 N–H and O–H groups in total. The highest BCUT2D eigenvalue weighted by atomic mass is 19.1. The molecule has 3 aromatic rings. The zero-order valence-electron chi connectivity index (χ0n) is 18.0. The van der Waals surface area contributed by atoms with Crippen LogP contribution < -0.4 is 15.4 Å². The summed E-state index contributed by atoms with van der Waals surface area (Å²) in [6, 6.07) is 19.0. The van der Waals surface area contributed by atoms with Crippen molar-refractivity contribution in [3.8, 4) is 5.75 Å². The van der Waals surface area contributed by atoms with E-state index in [1.165, 1.54) is 24.3 Å². The van der Waals surface area contributed by atoms with E-state index in [0.29, 0.717) is 23.4 Å². The van der Waals surface area contributed by atoms with Gasteiger partial charge in [0.2, 0.25) is 5.91 Å². The zero-order valence-corrected chi connectivity index (χ0v) is 18.0. The predicted molar refractivity (Wildman–Crippen MR) is 120 cm³/mol. The highest BCUT2D eigenvalue weighted by Crippen LogP contribution is 2.14. The van der Waals surface area contributed by atoms with Crippen LogP contribution in [0.3, 0.4) is 0 Å². The van der Waals surface area contributed by atoms with Gasteiger partial charge in [-0.25, -0.2) is 9.18 Å². The molecule has 8 heteroatoms. The fourth-order valence-electron chi connectivity index (χ4n) is 2.90. The first kappa shape index (κ1) is 23.5. The van der Waals surface area contributed by atoms with Crippen molar-refractivity contribution in [2.75, 3.05) is 11.9 Å². The topological polar surface area (TPSA) is 93.7 Å². The van der Waals surface area contributed by atoms with Gasteiger partial charge in [-0.05, 0) is 66.6 Å². The van der Waals surface area contributed by atoms with Crippen LogP contribution in [0.25, 0.3) is 0 Å². The van der Waals surface area contributed by atoms with Crippen LogP contribution in [0.1, 0.15) is 28.4 Å². The molecule has 0 aromatic heterocycles. The summed E-state index contributed by atoms with van der Waals surface area (Å²) in [6.07, 6.45) is -0.661. The van der Waals surface area contributed by atoms with E-state index in [1.54, 1.807) is 55.5 Å². The van der Waals surface area contributed by atoms with Crippen LogP contribution in [0, 0.1) is 5.82 Å². The van der Waals surface area contributed by atoms with Crippen molar-refractivity contribution in [3.63, 3.8) is 0 Å². The van der Waals surface area contributed by atoms with E-state index < -0.39 is 6.16 Å². The number of ether oxygens (including phenoxy) is 2. The number of anilines is 1. The molecule has 0 heterocycles. The predicted octanol–water partition coefficient (Wildman–Crippen LogP) is 4.47. The monoisotopic (exact) mass is 450 g/mol. The van der Waals surface area contributed by atoms with Gasteiger partial charge in [0.1, 0.15) is 11.6 Å². The van der Waals surface area contributed by atoms with E-state index in [2.05, 4.69) is 10.6 Å². The van der Waals surface area contributed by atoms with Crippen LogP contribution in [0.2, 0.25) is 0 Å². The minimum atomic E-state index is -0.801. The molecular weight excluding hydrogens is 427 g/mol. The van der Waals surface area contributed by atoms with Crippen LogP contribution in [0.15, 0.2) is 72.8 Å². The van der Waals surface area contributed by atoms with Crippen molar-refractivity contribution in [2.45, 2.75) is 19.9 Å². The number of hydrogen-bond donors (Lipinski definition) is 2. The van der Waals surface area contributed by atoms with Crippen molar-refractivity contribution in [3.05, 3.63) is 95.3 Å². The summed E-state index contributed by atoms with van der Waals surface area (Å²) in [6.45, 7) is 2.18. The van der Waals surface area contributed by atoms with Crippen molar-refractivity contribution in [2.24, 2.45) is 0 Å².